The SMILES string of the molecule is COC(=O)CP(Cl)(CC(=O)OC)(c1ccccc1)c1ccccc1. The van der Waals surface area contributed by atoms with Crippen LogP contribution in [0.3, 0.4) is 0 Å². The van der Waals surface area contributed by atoms with Gasteiger partial charge in [0.25, 0.3) is 0 Å². The molecule has 0 bridgehead atoms. The van der Waals surface area contributed by atoms with Crippen molar-refractivity contribution >= 4 is 39.7 Å². The van der Waals surface area contributed by atoms with Crippen LogP contribution in [-0.2, 0) is 19.1 Å². The van der Waals surface area contributed by atoms with Gasteiger partial charge in [-0.3, -0.25) is 0 Å². The van der Waals surface area contributed by atoms with E-state index in [1.807, 2.05) is 60.7 Å². The number of carbonyl (C=O) groups excluding carboxylic acids is 2. The standard InChI is InChI=1S/C18H20ClO4P/c1-22-17(20)13-24(19,14-18(21)23-2,15-9-5-3-6-10-15)16-11-7-4-8-12-16/h3-12H,13-14H2,1-2H3. The maximum absolute atomic E-state index is 12.2. The second kappa shape index (κ2) is 7.33. The summed E-state index contributed by atoms with van der Waals surface area (Å²) in [4.78, 5) is 24.4. The van der Waals surface area contributed by atoms with E-state index in [1.54, 1.807) is 0 Å². The normalized spacial score (nSPS) is 12.7. The fourth-order valence-corrected chi connectivity index (χ4v) is 8.22. The summed E-state index contributed by atoms with van der Waals surface area (Å²) in [6.07, 6.45) is -0.153. The van der Waals surface area contributed by atoms with Gasteiger partial charge in [-0.1, -0.05) is 0 Å². The fourth-order valence-electron chi connectivity index (χ4n) is 2.78. The number of benzene rings is 2. The molecule has 0 aliphatic rings. The second-order valence-corrected chi connectivity index (χ2v) is 12.4. The molecule has 128 valence electrons. The molecule has 0 aliphatic carbocycles. The van der Waals surface area contributed by atoms with Crippen molar-refractivity contribution in [3.8, 4) is 0 Å². The molecular formula is C18H20ClO4P. The van der Waals surface area contributed by atoms with E-state index >= 15 is 0 Å². The van der Waals surface area contributed by atoms with Crippen LogP contribution in [-0.4, -0.2) is 38.5 Å². The third-order valence-electron chi connectivity index (χ3n) is 4.07. The molecule has 0 saturated heterocycles. The van der Waals surface area contributed by atoms with Gasteiger partial charge in [-0.05, 0) is 0 Å². The molecule has 0 unspecified atom stereocenters. The number of methoxy groups -OCH3 is 2. The predicted molar refractivity (Wildman–Crippen MR) is 98.7 cm³/mol. The van der Waals surface area contributed by atoms with Gasteiger partial charge >= 0.3 is 146 Å². The summed E-state index contributed by atoms with van der Waals surface area (Å²) in [6, 6.07) is 18.5. The molecule has 0 spiro atoms. The van der Waals surface area contributed by atoms with Crippen molar-refractivity contribution in [1.82, 2.24) is 0 Å². The van der Waals surface area contributed by atoms with E-state index in [0.717, 1.165) is 10.6 Å². The monoisotopic (exact) mass is 366 g/mol. The molecule has 24 heavy (non-hydrogen) atoms. The van der Waals surface area contributed by atoms with Crippen LogP contribution in [0.4, 0.5) is 0 Å². The zero-order valence-corrected chi connectivity index (χ0v) is 15.3. The molecule has 2 aromatic rings. The van der Waals surface area contributed by atoms with Crippen LogP contribution in [0, 0.1) is 0 Å². The number of ether oxygens (including phenoxy) is 2. The van der Waals surface area contributed by atoms with Gasteiger partial charge in [-0.2, -0.15) is 0 Å². The summed E-state index contributed by atoms with van der Waals surface area (Å²) >= 11 is 7.32. The summed E-state index contributed by atoms with van der Waals surface area (Å²) in [7, 11) is 2.63. The average Bonchev–Trinajstić information content (AvgIpc) is 2.63. The summed E-state index contributed by atoms with van der Waals surface area (Å²) in [5.41, 5.74) is 0. The Morgan fingerprint density at radius 1 is 0.792 bits per heavy atom. The van der Waals surface area contributed by atoms with Crippen LogP contribution in [0.5, 0.6) is 0 Å². The fraction of sp³-hybridized carbons (Fsp3) is 0.222. The second-order valence-electron chi connectivity index (χ2n) is 5.52. The first-order valence-corrected chi connectivity index (χ1v) is 10.9. The van der Waals surface area contributed by atoms with E-state index in [9.17, 15) is 9.59 Å². The van der Waals surface area contributed by atoms with Crippen molar-refractivity contribution in [3.63, 3.8) is 0 Å². The molecule has 2 aromatic carbocycles. The molecule has 0 atom stereocenters. The third kappa shape index (κ3) is 3.45. The molecule has 0 radical (unpaired) electrons. The third-order valence-corrected chi connectivity index (χ3v) is 10.8. The van der Waals surface area contributed by atoms with Gasteiger partial charge in [-0.15, -0.1) is 0 Å². The Labute approximate surface area is 146 Å². The van der Waals surface area contributed by atoms with Gasteiger partial charge in [0.2, 0.25) is 0 Å². The zero-order valence-electron chi connectivity index (χ0n) is 13.6. The number of halogens is 1. The number of hydrogen-bond acceptors (Lipinski definition) is 4. The maximum atomic E-state index is 12.2. The molecule has 0 fully saturated rings. The summed E-state index contributed by atoms with van der Waals surface area (Å²) in [5.74, 6) is -4.62. The van der Waals surface area contributed by atoms with Gasteiger partial charge in [-0.25, -0.2) is 0 Å². The first kappa shape index (κ1) is 18.4. The van der Waals surface area contributed by atoms with E-state index in [2.05, 4.69) is 0 Å². The van der Waals surface area contributed by atoms with Gasteiger partial charge in [0.1, 0.15) is 0 Å². The van der Waals surface area contributed by atoms with Gasteiger partial charge < -0.3 is 0 Å². The first-order valence-electron chi connectivity index (χ1n) is 7.41. The minimum absolute atomic E-state index is 0.0766. The van der Waals surface area contributed by atoms with E-state index < -0.39 is 17.9 Å². The van der Waals surface area contributed by atoms with E-state index in [0.29, 0.717) is 0 Å². The first-order chi connectivity index (χ1) is 11.4. The molecule has 0 N–H and O–H groups in total. The molecule has 2 rings (SSSR count). The van der Waals surface area contributed by atoms with Crippen molar-refractivity contribution < 1.29 is 19.1 Å². The summed E-state index contributed by atoms with van der Waals surface area (Å²) in [5, 5.41) is 1.51. The Morgan fingerprint density at radius 3 is 1.42 bits per heavy atom. The molecule has 0 saturated carbocycles. The Balaban J connectivity index is 2.77. The molecule has 6 heteroatoms. The predicted octanol–water partition coefficient (Wildman–Crippen LogP) is 2.69. The number of esters is 2. The zero-order chi connectivity index (χ0) is 17.7. The van der Waals surface area contributed by atoms with Crippen LogP contribution >= 0.6 is 17.2 Å². The van der Waals surface area contributed by atoms with E-state index in [-0.39, 0.29) is 12.3 Å². The number of carbonyl (C=O) groups is 2. The van der Waals surface area contributed by atoms with Gasteiger partial charge in [0.15, 0.2) is 0 Å². The molecule has 0 aromatic heterocycles. The molecule has 0 amide bonds. The molecule has 4 nitrogen and oxygen atoms in total. The average molecular weight is 367 g/mol. The van der Waals surface area contributed by atoms with E-state index in [4.69, 9.17) is 20.7 Å². The van der Waals surface area contributed by atoms with Crippen molar-refractivity contribution in [3.05, 3.63) is 60.7 Å². The van der Waals surface area contributed by atoms with Crippen LogP contribution in [0.15, 0.2) is 60.7 Å². The van der Waals surface area contributed by atoms with Crippen LogP contribution in [0.1, 0.15) is 0 Å². The number of hydrogen-bond donors (Lipinski definition) is 0. The van der Waals surface area contributed by atoms with E-state index in [1.165, 1.54) is 14.2 Å². The van der Waals surface area contributed by atoms with Crippen molar-refractivity contribution in [2.75, 3.05) is 26.5 Å². The van der Waals surface area contributed by atoms with Crippen LogP contribution in [0.2, 0.25) is 0 Å². The molecular weight excluding hydrogens is 347 g/mol. The minimum atomic E-state index is -3.70. The topological polar surface area (TPSA) is 52.6 Å². The summed E-state index contributed by atoms with van der Waals surface area (Å²) < 4.78 is 9.77. The quantitative estimate of drug-likeness (QED) is 0.582. The van der Waals surface area contributed by atoms with Gasteiger partial charge in [0, 0.05) is 0 Å². The number of rotatable bonds is 6. The summed E-state index contributed by atoms with van der Waals surface area (Å²) in [6.45, 7) is 0. The Kier molecular flexibility index (Phi) is 5.63. The van der Waals surface area contributed by atoms with Crippen molar-refractivity contribution in [2.45, 2.75) is 0 Å². The van der Waals surface area contributed by atoms with Crippen LogP contribution < -0.4 is 10.6 Å². The Bertz CT molecular complexity index is 657. The molecule has 0 aliphatic heterocycles. The van der Waals surface area contributed by atoms with Gasteiger partial charge in [0.05, 0.1) is 0 Å². The van der Waals surface area contributed by atoms with Crippen molar-refractivity contribution in [1.29, 1.82) is 0 Å². The molecule has 0 heterocycles. The van der Waals surface area contributed by atoms with Crippen LogP contribution in [0.25, 0.3) is 0 Å². The Hall–Kier alpha value is -1.90. The Morgan fingerprint density at radius 2 is 1.12 bits per heavy atom. The van der Waals surface area contributed by atoms with Crippen molar-refractivity contribution in [2.24, 2.45) is 0 Å².